The third-order valence-electron chi connectivity index (χ3n) is 3.25. The first kappa shape index (κ1) is 11.0. The Labute approximate surface area is 107 Å². The maximum Gasteiger partial charge on any atom is 0.137 e. The van der Waals surface area contributed by atoms with Crippen LogP contribution in [-0.2, 0) is 6.42 Å². The van der Waals surface area contributed by atoms with Gasteiger partial charge in [0.05, 0.1) is 11.4 Å². The molecular formula is C16H16N2. The van der Waals surface area contributed by atoms with Gasteiger partial charge in [0.1, 0.15) is 5.65 Å². The van der Waals surface area contributed by atoms with E-state index in [2.05, 4.69) is 60.8 Å². The number of nitrogens with zero attached hydrogens (tertiary/aromatic N) is 2. The fourth-order valence-corrected chi connectivity index (χ4v) is 2.36. The van der Waals surface area contributed by atoms with Crippen molar-refractivity contribution in [2.75, 3.05) is 0 Å². The van der Waals surface area contributed by atoms with E-state index in [4.69, 9.17) is 4.98 Å². The molecule has 2 nitrogen and oxygen atoms in total. The minimum atomic E-state index is 0.981. The summed E-state index contributed by atoms with van der Waals surface area (Å²) >= 11 is 0. The third kappa shape index (κ3) is 1.70. The van der Waals surface area contributed by atoms with Crippen molar-refractivity contribution in [1.29, 1.82) is 0 Å². The van der Waals surface area contributed by atoms with E-state index in [0.29, 0.717) is 0 Å². The van der Waals surface area contributed by atoms with Crippen molar-refractivity contribution >= 4 is 5.65 Å². The lowest BCUT2D eigenvalue weighted by atomic mass is 10.1. The molecule has 2 aromatic heterocycles. The molecular weight excluding hydrogens is 220 g/mol. The Kier molecular flexibility index (Phi) is 2.63. The fourth-order valence-electron chi connectivity index (χ4n) is 2.36. The van der Waals surface area contributed by atoms with Crippen molar-refractivity contribution in [3.8, 4) is 11.3 Å². The summed E-state index contributed by atoms with van der Waals surface area (Å²) in [6.07, 6.45) is 3.14. The SMILES string of the molecule is CCc1c(-c2ccccc2)nc2ccc(C)cn12. The zero-order chi connectivity index (χ0) is 12.5. The van der Waals surface area contributed by atoms with Crippen molar-refractivity contribution in [2.45, 2.75) is 20.3 Å². The van der Waals surface area contributed by atoms with Crippen LogP contribution < -0.4 is 0 Å². The number of benzene rings is 1. The van der Waals surface area contributed by atoms with E-state index in [1.807, 2.05) is 6.07 Å². The predicted molar refractivity (Wildman–Crippen MR) is 74.7 cm³/mol. The topological polar surface area (TPSA) is 17.3 Å². The molecule has 0 amide bonds. The van der Waals surface area contributed by atoms with Crippen LogP contribution in [0.25, 0.3) is 16.9 Å². The van der Waals surface area contributed by atoms with Crippen molar-refractivity contribution < 1.29 is 0 Å². The average molecular weight is 236 g/mol. The van der Waals surface area contributed by atoms with Gasteiger partial charge in [-0.05, 0) is 25.0 Å². The van der Waals surface area contributed by atoms with Gasteiger partial charge in [-0.25, -0.2) is 4.98 Å². The molecule has 0 spiro atoms. The zero-order valence-corrected chi connectivity index (χ0v) is 10.7. The summed E-state index contributed by atoms with van der Waals surface area (Å²) in [6, 6.07) is 14.6. The second kappa shape index (κ2) is 4.30. The Bertz CT molecular complexity index is 681. The second-order valence-electron chi connectivity index (χ2n) is 4.56. The lowest BCUT2D eigenvalue weighted by Gasteiger charge is -2.02. The molecule has 0 saturated heterocycles. The number of fused-ring (bicyclic) bond motifs is 1. The highest BCUT2D eigenvalue weighted by Gasteiger charge is 2.11. The van der Waals surface area contributed by atoms with Crippen LogP contribution in [0.15, 0.2) is 48.7 Å². The first-order chi connectivity index (χ1) is 8.79. The van der Waals surface area contributed by atoms with Crippen LogP contribution in [0.4, 0.5) is 0 Å². The quantitative estimate of drug-likeness (QED) is 0.660. The first-order valence-corrected chi connectivity index (χ1v) is 6.32. The molecule has 3 rings (SSSR count). The summed E-state index contributed by atoms with van der Waals surface area (Å²) in [5, 5.41) is 0. The van der Waals surface area contributed by atoms with E-state index in [-0.39, 0.29) is 0 Å². The number of rotatable bonds is 2. The molecule has 90 valence electrons. The largest absolute Gasteiger partial charge is 0.303 e. The Morgan fingerprint density at radius 2 is 1.83 bits per heavy atom. The van der Waals surface area contributed by atoms with Crippen LogP contribution in [0.2, 0.25) is 0 Å². The van der Waals surface area contributed by atoms with Crippen LogP contribution in [0.3, 0.4) is 0 Å². The molecule has 0 radical (unpaired) electrons. The highest BCUT2D eigenvalue weighted by molar-refractivity contribution is 5.66. The normalized spacial score (nSPS) is 11.0. The molecule has 2 heteroatoms. The van der Waals surface area contributed by atoms with E-state index in [9.17, 15) is 0 Å². The Balaban J connectivity index is 2.30. The molecule has 0 saturated carbocycles. The summed E-state index contributed by atoms with van der Waals surface area (Å²) in [7, 11) is 0. The number of aromatic nitrogens is 2. The lowest BCUT2D eigenvalue weighted by molar-refractivity contribution is 0.990. The number of hydrogen-bond donors (Lipinski definition) is 0. The minimum absolute atomic E-state index is 0.981. The number of pyridine rings is 1. The van der Waals surface area contributed by atoms with Gasteiger partial charge in [-0.3, -0.25) is 0 Å². The molecule has 2 heterocycles. The summed E-state index contributed by atoms with van der Waals surface area (Å²) < 4.78 is 2.21. The molecule has 0 N–H and O–H groups in total. The maximum atomic E-state index is 4.76. The van der Waals surface area contributed by atoms with Crippen LogP contribution in [-0.4, -0.2) is 9.38 Å². The predicted octanol–water partition coefficient (Wildman–Crippen LogP) is 3.87. The molecule has 18 heavy (non-hydrogen) atoms. The summed E-state index contributed by atoms with van der Waals surface area (Å²) in [6.45, 7) is 4.29. The van der Waals surface area contributed by atoms with Crippen LogP contribution in [0, 0.1) is 6.92 Å². The molecule has 0 fully saturated rings. The first-order valence-electron chi connectivity index (χ1n) is 6.32. The molecule has 3 aromatic rings. The molecule has 0 aliphatic rings. The van der Waals surface area contributed by atoms with E-state index in [1.165, 1.54) is 16.8 Å². The highest BCUT2D eigenvalue weighted by atomic mass is 15.0. The maximum absolute atomic E-state index is 4.76. The smallest absolute Gasteiger partial charge is 0.137 e. The number of aryl methyl sites for hydroxylation is 2. The minimum Gasteiger partial charge on any atom is -0.303 e. The van der Waals surface area contributed by atoms with Gasteiger partial charge in [0.15, 0.2) is 0 Å². The van der Waals surface area contributed by atoms with E-state index < -0.39 is 0 Å². The number of imidazole rings is 1. The molecule has 0 bridgehead atoms. The monoisotopic (exact) mass is 236 g/mol. The van der Waals surface area contributed by atoms with Crippen LogP contribution in [0.1, 0.15) is 18.2 Å². The van der Waals surface area contributed by atoms with Crippen LogP contribution >= 0.6 is 0 Å². The summed E-state index contributed by atoms with van der Waals surface area (Å²) in [5.74, 6) is 0. The zero-order valence-electron chi connectivity index (χ0n) is 10.7. The molecule has 0 unspecified atom stereocenters. The van der Waals surface area contributed by atoms with E-state index in [0.717, 1.165) is 17.8 Å². The summed E-state index contributed by atoms with van der Waals surface area (Å²) in [4.78, 5) is 4.76. The lowest BCUT2D eigenvalue weighted by Crippen LogP contribution is -1.93. The van der Waals surface area contributed by atoms with Gasteiger partial charge in [-0.2, -0.15) is 0 Å². The van der Waals surface area contributed by atoms with Crippen molar-refractivity contribution in [2.24, 2.45) is 0 Å². The summed E-state index contributed by atoms with van der Waals surface area (Å²) in [5.41, 5.74) is 5.85. The fraction of sp³-hybridized carbons (Fsp3) is 0.188. The van der Waals surface area contributed by atoms with Gasteiger partial charge in [0, 0.05) is 11.8 Å². The van der Waals surface area contributed by atoms with E-state index >= 15 is 0 Å². The van der Waals surface area contributed by atoms with Crippen molar-refractivity contribution in [3.05, 3.63) is 59.9 Å². The number of hydrogen-bond acceptors (Lipinski definition) is 1. The van der Waals surface area contributed by atoms with E-state index in [1.54, 1.807) is 0 Å². The van der Waals surface area contributed by atoms with Gasteiger partial charge < -0.3 is 4.40 Å². The molecule has 1 aromatic carbocycles. The van der Waals surface area contributed by atoms with Crippen LogP contribution in [0.5, 0.6) is 0 Å². The molecule has 0 atom stereocenters. The van der Waals surface area contributed by atoms with Gasteiger partial charge in [0.25, 0.3) is 0 Å². The van der Waals surface area contributed by atoms with Gasteiger partial charge in [-0.1, -0.05) is 43.3 Å². The van der Waals surface area contributed by atoms with Crippen molar-refractivity contribution in [3.63, 3.8) is 0 Å². The second-order valence-corrected chi connectivity index (χ2v) is 4.56. The average Bonchev–Trinajstić information content (AvgIpc) is 2.77. The van der Waals surface area contributed by atoms with Gasteiger partial charge >= 0.3 is 0 Å². The molecule has 0 aliphatic heterocycles. The Morgan fingerprint density at radius 3 is 2.56 bits per heavy atom. The van der Waals surface area contributed by atoms with Gasteiger partial charge in [0.2, 0.25) is 0 Å². The van der Waals surface area contributed by atoms with Crippen molar-refractivity contribution in [1.82, 2.24) is 9.38 Å². The Hall–Kier alpha value is -2.09. The standard InChI is InChI=1S/C16H16N2/c1-3-14-16(13-7-5-4-6-8-13)17-15-10-9-12(2)11-18(14)15/h4-11H,3H2,1-2H3. The highest BCUT2D eigenvalue weighted by Crippen LogP contribution is 2.24. The Morgan fingerprint density at radius 1 is 1.06 bits per heavy atom. The van der Waals surface area contributed by atoms with Gasteiger partial charge in [-0.15, -0.1) is 0 Å². The molecule has 0 aliphatic carbocycles. The third-order valence-corrected chi connectivity index (χ3v) is 3.25.